The van der Waals surface area contributed by atoms with E-state index in [1.165, 1.54) is 19.8 Å². The van der Waals surface area contributed by atoms with E-state index in [4.69, 9.17) is 21.1 Å². The normalized spacial score (nSPS) is 10.5. The van der Waals surface area contributed by atoms with Crippen molar-refractivity contribution in [2.24, 2.45) is 0 Å². The Morgan fingerprint density at radius 1 is 1.08 bits per heavy atom. The summed E-state index contributed by atoms with van der Waals surface area (Å²) in [5.41, 5.74) is 2.14. The highest BCUT2D eigenvalue weighted by Gasteiger charge is 2.08. The Bertz CT molecular complexity index is 697. The first-order valence-corrected chi connectivity index (χ1v) is 9.08. The summed E-state index contributed by atoms with van der Waals surface area (Å²) in [4.78, 5) is 11.1. The third kappa shape index (κ3) is 6.79. The number of Topliss-reactive ketones (excluding diaryl/α,β-unsaturated/α-hetero) is 1. The van der Waals surface area contributed by atoms with Crippen LogP contribution in [0.5, 0.6) is 11.5 Å². The number of ether oxygens (including phenoxy) is 2. The Hall–Kier alpha value is -2.00. The van der Waals surface area contributed by atoms with Gasteiger partial charge in [0.25, 0.3) is 0 Å². The molecule has 3 nitrogen and oxygen atoms in total. The van der Waals surface area contributed by atoms with Gasteiger partial charge < -0.3 is 9.47 Å². The lowest BCUT2D eigenvalue weighted by Gasteiger charge is -2.14. The molecule has 0 N–H and O–H groups in total. The predicted octanol–water partition coefficient (Wildman–Crippen LogP) is 5.62. The molecule has 0 bridgehead atoms. The average molecular weight is 361 g/mol. The largest absolute Gasteiger partial charge is 0.489 e. The number of aryl methyl sites for hydroxylation is 1. The van der Waals surface area contributed by atoms with Gasteiger partial charge in [0.2, 0.25) is 0 Å². The Labute approximate surface area is 154 Å². The lowest BCUT2D eigenvalue weighted by Crippen LogP contribution is -2.07. The van der Waals surface area contributed by atoms with Gasteiger partial charge in [-0.25, -0.2) is 0 Å². The molecule has 0 aliphatic heterocycles. The molecule has 2 aromatic rings. The summed E-state index contributed by atoms with van der Waals surface area (Å²) in [6.45, 7) is 4.26. The number of hydrogen-bond acceptors (Lipinski definition) is 3. The average Bonchev–Trinajstić information content (AvgIpc) is 2.59. The lowest BCUT2D eigenvalue weighted by atomic mass is 10.1. The van der Waals surface area contributed by atoms with Crippen LogP contribution in [-0.4, -0.2) is 12.4 Å². The maximum atomic E-state index is 11.1. The van der Waals surface area contributed by atoms with Crippen LogP contribution >= 0.6 is 11.6 Å². The second-order valence-corrected chi connectivity index (χ2v) is 6.57. The Kier molecular flexibility index (Phi) is 7.80. The summed E-state index contributed by atoms with van der Waals surface area (Å²) in [7, 11) is 0. The van der Waals surface area contributed by atoms with Crippen molar-refractivity contribution in [2.45, 2.75) is 46.1 Å². The summed E-state index contributed by atoms with van der Waals surface area (Å²) in [5, 5.41) is 0.706. The van der Waals surface area contributed by atoms with Gasteiger partial charge in [-0.2, -0.15) is 0 Å². The summed E-state index contributed by atoms with van der Waals surface area (Å²) in [6, 6.07) is 13.4. The van der Waals surface area contributed by atoms with E-state index in [0.717, 1.165) is 29.7 Å². The highest BCUT2D eigenvalue weighted by atomic mass is 35.5. The number of carbonyl (C=O) groups is 1. The zero-order chi connectivity index (χ0) is 18.1. The molecular formula is C21H25ClO3. The first-order valence-electron chi connectivity index (χ1n) is 8.71. The molecule has 0 unspecified atom stereocenters. The minimum Gasteiger partial charge on any atom is -0.489 e. The third-order valence-corrected chi connectivity index (χ3v) is 4.04. The Balaban J connectivity index is 2.09. The highest BCUT2D eigenvalue weighted by molar-refractivity contribution is 6.30. The number of carbonyl (C=O) groups excluding carboxylic acids is 1. The van der Waals surface area contributed by atoms with E-state index in [9.17, 15) is 4.79 Å². The molecule has 4 heteroatoms. The number of hydrogen-bond donors (Lipinski definition) is 0. The van der Waals surface area contributed by atoms with Crippen LogP contribution in [0.1, 0.15) is 44.2 Å². The topological polar surface area (TPSA) is 35.5 Å². The summed E-state index contributed by atoms with van der Waals surface area (Å²) in [5.74, 6) is 1.57. The lowest BCUT2D eigenvalue weighted by molar-refractivity contribution is -0.118. The number of unbranched alkanes of at least 4 members (excludes halogenated alkanes) is 2. The molecule has 25 heavy (non-hydrogen) atoms. The van der Waals surface area contributed by atoms with Crippen LogP contribution < -0.4 is 9.47 Å². The Morgan fingerprint density at radius 2 is 1.92 bits per heavy atom. The molecule has 2 rings (SSSR count). The molecule has 0 aromatic heterocycles. The van der Waals surface area contributed by atoms with Crippen molar-refractivity contribution in [3.05, 3.63) is 58.6 Å². The van der Waals surface area contributed by atoms with E-state index < -0.39 is 0 Å². The number of ketones is 1. The van der Waals surface area contributed by atoms with Crippen molar-refractivity contribution in [3.8, 4) is 11.5 Å². The van der Waals surface area contributed by atoms with Crippen molar-refractivity contribution in [2.75, 3.05) is 6.61 Å². The number of benzene rings is 2. The van der Waals surface area contributed by atoms with Gasteiger partial charge in [0.05, 0.1) is 0 Å². The Morgan fingerprint density at radius 3 is 2.64 bits per heavy atom. The van der Waals surface area contributed by atoms with Gasteiger partial charge in [0, 0.05) is 5.02 Å². The van der Waals surface area contributed by atoms with Gasteiger partial charge >= 0.3 is 0 Å². The standard InChI is InChI=1S/C21H25ClO3/c1-3-4-5-8-18-13-20(24-14-16(2)23)10-11-21(18)25-15-17-7-6-9-19(22)12-17/h6-7,9-13H,3-5,8,14-15H2,1-2H3. The van der Waals surface area contributed by atoms with E-state index >= 15 is 0 Å². The van der Waals surface area contributed by atoms with Crippen molar-refractivity contribution in [1.82, 2.24) is 0 Å². The molecule has 0 saturated heterocycles. The minimum atomic E-state index is 0.00816. The first kappa shape index (κ1) is 19.3. The maximum absolute atomic E-state index is 11.1. The second-order valence-electron chi connectivity index (χ2n) is 6.14. The molecular weight excluding hydrogens is 336 g/mol. The summed E-state index contributed by atoms with van der Waals surface area (Å²) in [6.07, 6.45) is 4.36. The van der Waals surface area contributed by atoms with Gasteiger partial charge in [-0.1, -0.05) is 43.5 Å². The summed E-state index contributed by atoms with van der Waals surface area (Å²) < 4.78 is 11.5. The maximum Gasteiger partial charge on any atom is 0.167 e. The summed E-state index contributed by atoms with van der Waals surface area (Å²) >= 11 is 6.02. The van der Waals surface area contributed by atoms with E-state index in [2.05, 4.69) is 6.92 Å². The smallest absolute Gasteiger partial charge is 0.167 e. The first-order chi connectivity index (χ1) is 12.1. The van der Waals surface area contributed by atoms with Crippen LogP contribution in [-0.2, 0) is 17.8 Å². The van der Waals surface area contributed by atoms with Crippen molar-refractivity contribution < 1.29 is 14.3 Å². The van der Waals surface area contributed by atoms with E-state index in [0.29, 0.717) is 17.4 Å². The molecule has 0 amide bonds. The van der Waals surface area contributed by atoms with Gasteiger partial charge in [-0.3, -0.25) is 4.79 Å². The molecule has 0 fully saturated rings. The predicted molar refractivity (Wildman–Crippen MR) is 102 cm³/mol. The second kappa shape index (κ2) is 10.1. The molecule has 0 heterocycles. The van der Waals surface area contributed by atoms with Crippen molar-refractivity contribution in [3.63, 3.8) is 0 Å². The highest BCUT2D eigenvalue weighted by Crippen LogP contribution is 2.27. The molecule has 0 saturated carbocycles. The minimum absolute atomic E-state index is 0.00816. The van der Waals surface area contributed by atoms with E-state index in [1.54, 1.807) is 0 Å². The molecule has 0 atom stereocenters. The van der Waals surface area contributed by atoms with Crippen LogP contribution in [0.3, 0.4) is 0 Å². The van der Waals surface area contributed by atoms with Gasteiger partial charge in [-0.15, -0.1) is 0 Å². The zero-order valence-electron chi connectivity index (χ0n) is 14.9. The SMILES string of the molecule is CCCCCc1cc(OCC(C)=O)ccc1OCc1cccc(Cl)c1. The molecule has 0 aliphatic carbocycles. The fourth-order valence-corrected chi connectivity index (χ4v) is 2.73. The van der Waals surface area contributed by atoms with Crippen LogP contribution in [0.15, 0.2) is 42.5 Å². The number of halogens is 1. The van der Waals surface area contributed by atoms with Crippen LogP contribution in [0.25, 0.3) is 0 Å². The van der Waals surface area contributed by atoms with Gasteiger partial charge in [0.15, 0.2) is 5.78 Å². The number of rotatable bonds is 10. The van der Waals surface area contributed by atoms with E-state index in [1.807, 2.05) is 42.5 Å². The van der Waals surface area contributed by atoms with Crippen molar-refractivity contribution >= 4 is 17.4 Å². The van der Waals surface area contributed by atoms with Gasteiger partial charge in [0.1, 0.15) is 24.7 Å². The molecule has 0 spiro atoms. The molecule has 0 radical (unpaired) electrons. The molecule has 134 valence electrons. The fraction of sp³-hybridized carbons (Fsp3) is 0.381. The molecule has 0 aliphatic rings. The van der Waals surface area contributed by atoms with Crippen molar-refractivity contribution in [1.29, 1.82) is 0 Å². The van der Waals surface area contributed by atoms with E-state index in [-0.39, 0.29) is 12.4 Å². The van der Waals surface area contributed by atoms with Gasteiger partial charge in [-0.05, 0) is 61.2 Å². The van der Waals surface area contributed by atoms with Crippen LogP contribution in [0.2, 0.25) is 5.02 Å². The monoisotopic (exact) mass is 360 g/mol. The third-order valence-electron chi connectivity index (χ3n) is 3.81. The van der Waals surface area contributed by atoms with Crippen LogP contribution in [0, 0.1) is 0 Å². The quantitative estimate of drug-likeness (QED) is 0.516. The zero-order valence-corrected chi connectivity index (χ0v) is 15.6. The molecule has 2 aromatic carbocycles. The van der Waals surface area contributed by atoms with Crippen LogP contribution in [0.4, 0.5) is 0 Å². The fourth-order valence-electron chi connectivity index (χ4n) is 2.52.